The van der Waals surface area contributed by atoms with Crippen molar-refractivity contribution < 1.29 is 9.84 Å². The van der Waals surface area contributed by atoms with E-state index in [-0.39, 0.29) is 6.61 Å². The lowest BCUT2D eigenvalue weighted by Crippen LogP contribution is -2.25. The molecule has 0 spiro atoms. The first-order valence-corrected chi connectivity index (χ1v) is 3.00. The van der Waals surface area contributed by atoms with Gasteiger partial charge in [-0.25, -0.2) is 4.99 Å². The van der Waals surface area contributed by atoms with Gasteiger partial charge in [0.25, 0.3) is 6.02 Å². The minimum atomic E-state index is 0.0491. The van der Waals surface area contributed by atoms with Crippen LogP contribution in [-0.4, -0.2) is 31.4 Å². The van der Waals surface area contributed by atoms with Gasteiger partial charge in [0.15, 0.2) is 0 Å². The molecule has 0 bridgehead atoms. The Morgan fingerprint density at radius 2 is 2.70 bits per heavy atom. The number of ether oxygens (including phenoxy) is 1. The largest absolute Gasteiger partial charge is 0.468 e. The second-order valence-corrected chi connectivity index (χ2v) is 1.93. The third kappa shape index (κ3) is 1.48. The molecule has 0 fully saturated rings. The molecule has 0 radical (unpaired) electrons. The van der Waals surface area contributed by atoms with Crippen molar-refractivity contribution in [2.45, 2.75) is 0 Å². The van der Waals surface area contributed by atoms with E-state index < -0.39 is 0 Å². The quantitative estimate of drug-likeness (QED) is 0.517. The first kappa shape index (κ1) is 7.08. The highest BCUT2D eigenvalue weighted by molar-refractivity contribution is 5.75. The molecule has 1 aliphatic rings. The summed E-state index contributed by atoms with van der Waals surface area (Å²) in [5.74, 6) is 0. The van der Waals surface area contributed by atoms with Crippen LogP contribution in [0, 0.1) is 0 Å². The maximum absolute atomic E-state index is 8.63. The topological polar surface area (TPSA) is 53.9 Å². The van der Waals surface area contributed by atoms with Gasteiger partial charge in [0.1, 0.15) is 0 Å². The number of hydrogen-bond acceptors (Lipinski definition) is 4. The molecule has 1 heterocycles. The second kappa shape index (κ2) is 3.22. The molecule has 0 amide bonds. The Balaban J connectivity index is 2.45. The monoisotopic (exact) mass is 142 g/mol. The molecule has 0 saturated carbocycles. The molecule has 0 saturated heterocycles. The van der Waals surface area contributed by atoms with Crippen LogP contribution >= 0.6 is 0 Å². The summed E-state index contributed by atoms with van der Waals surface area (Å²) in [4.78, 5) is 3.96. The molecule has 0 atom stereocenters. The molecular formula is C6H10N2O2. The molecule has 0 aromatic heterocycles. The van der Waals surface area contributed by atoms with Crippen LogP contribution in [0.5, 0.6) is 0 Å². The summed E-state index contributed by atoms with van der Waals surface area (Å²) in [6, 6.07) is 0.497. The summed E-state index contributed by atoms with van der Waals surface area (Å²) in [7, 11) is 1.55. The lowest BCUT2D eigenvalue weighted by molar-refractivity contribution is 0.326. The van der Waals surface area contributed by atoms with E-state index in [9.17, 15) is 0 Å². The summed E-state index contributed by atoms with van der Waals surface area (Å²) >= 11 is 0. The highest BCUT2D eigenvalue weighted by Crippen LogP contribution is 1.97. The minimum Gasteiger partial charge on any atom is -0.468 e. The molecule has 0 aromatic carbocycles. The second-order valence-electron chi connectivity index (χ2n) is 1.93. The fraction of sp³-hybridized carbons (Fsp3) is 0.500. The molecule has 56 valence electrons. The van der Waals surface area contributed by atoms with E-state index in [0.29, 0.717) is 12.6 Å². The third-order valence-electron chi connectivity index (χ3n) is 1.22. The predicted octanol–water partition coefficient (Wildman–Crippen LogP) is -0.532. The normalized spacial score (nSPS) is 17.0. The van der Waals surface area contributed by atoms with Crippen LogP contribution in [0.15, 0.2) is 16.8 Å². The maximum Gasteiger partial charge on any atom is 0.288 e. The van der Waals surface area contributed by atoms with Gasteiger partial charge in [-0.15, -0.1) is 0 Å². The van der Waals surface area contributed by atoms with E-state index >= 15 is 0 Å². The van der Waals surface area contributed by atoms with Gasteiger partial charge in [0.05, 0.1) is 20.3 Å². The number of rotatable bonds is 1. The molecule has 1 rings (SSSR count). The molecule has 1 aliphatic heterocycles. The SMILES string of the molecule is COC1=NCC(CO)=CN1. The Kier molecular flexibility index (Phi) is 2.28. The number of aliphatic hydroxyl groups is 1. The highest BCUT2D eigenvalue weighted by Gasteiger charge is 2.03. The van der Waals surface area contributed by atoms with Crippen LogP contribution < -0.4 is 5.32 Å². The van der Waals surface area contributed by atoms with E-state index in [4.69, 9.17) is 9.84 Å². The van der Waals surface area contributed by atoms with Gasteiger partial charge in [0.2, 0.25) is 0 Å². The van der Waals surface area contributed by atoms with Gasteiger partial charge in [-0.05, 0) is 5.57 Å². The van der Waals surface area contributed by atoms with Gasteiger partial charge < -0.3 is 15.2 Å². The van der Waals surface area contributed by atoms with Gasteiger partial charge in [0, 0.05) is 6.20 Å². The number of methoxy groups -OCH3 is 1. The van der Waals surface area contributed by atoms with Crippen LogP contribution in [0.2, 0.25) is 0 Å². The van der Waals surface area contributed by atoms with E-state index in [2.05, 4.69) is 10.3 Å². The lowest BCUT2D eigenvalue weighted by Gasteiger charge is -2.10. The molecule has 0 unspecified atom stereocenters. The summed E-state index contributed by atoms with van der Waals surface area (Å²) in [5, 5.41) is 11.4. The number of hydrogen-bond donors (Lipinski definition) is 2. The van der Waals surface area contributed by atoms with Gasteiger partial charge in [-0.2, -0.15) is 0 Å². The van der Waals surface area contributed by atoms with Crippen molar-refractivity contribution in [2.75, 3.05) is 20.3 Å². The molecule has 4 nitrogen and oxygen atoms in total. The smallest absolute Gasteiger partial charge is 0.288 e. The van der Waals surface area contributed by atoms with Gasteiger partial charge in [-0.1, -0.05) is 0 Å². The average Bonchev–Trinajstić information content (AvgIpc) is 2.05. The minimum absolute atomic E-state index is 0.0491. The number of amidine groups is 1. The zero-order valence-corrected chi connectivity index (χ0v) is 5.79. The van der Waals surface area contributed by atoms with E-state index in [1.165, 1.54) is 0 Å². The Labute approximate surface area is 59.2 Å². The standard InChI is InChI=1S/C6H10N2O2/c1-10-6-7-2-5(4-9)3-8-6/h2,9H,3-4H2,1H3,(H,7,8). The average molecular weight is 142 g/mol. The van der Waals surface area contributed by atoms with Gasteiger partial charge in [-0.3, -0.25) is 0 Å². The molecule has 2 N–H and O–H groups in total. The number of aliphatic hydroxyl groups excluding tert-OH is 1. The van der Waals surface area contributed by atoms with E-state index in [1.807, 2.05) is 0 Å². The third-order valence-corrected chi connectivity index (χ3v) is 1.22. The molecule has 10 heavy (non-hydrogen) atoms. The van der Waals surface area contributed by atoms with Crippen molar-refractivity contribution >= 4 is 6.02 Å². The Morgan fingerprint density at radius 3 is 3.10 bits per heavy atom. The van der Waals surface area contributed by atoms with E-state index in [1.54, 1.807) is 13.3 Å². The zero-order chi connectivity index (χ0) is 7.40. The Morgan fingerprint density at radius 1 is 1.90 bits per heavy atom. The number of aliphatic imine (C=N–C) groups is 1. The van der Waals surface area contributed by atoms with Crippen molar-refractivity contribution in [3.05, 3.63) is 11.8 Å². The van der Waals surface area contributed by atoms with Crippen molar-refractivity contribution in [3.8, 4) is 0 Å². The zero-order valence-electron chi connectivity index (χ0n) is 5.79. The predicted molar refractivity (Wildman–Crippen MR) is 37.6 cm³/mol. The molecular weight excluding hydrogens is 132 g/mol. The van der Waals surface area contributed by atoms with Crippen molar-refractivity contribution in [1.29, 1.82) is 0 Å². The fourth-order valence-corrected chi connectivity index (χ4v) is 0.648. The first-order valence-electron chi connectivity index (χ1n) is 3.00. The van der Waals surface area contributed by atoms with Crippen LogP contribution in [0.25, 0.3) is 0 Å². The van der Waals surface area contributed by atoms with Crippen molar-refractivity contribution in [3.63, 3.8) is 0 Å². The van der Waals surface area contributed by atoms with Crippen LogP contribution in [-0.2, 0) is 4.74 Å². The van der Waals surface area contributed by atoms with E-state index in [0.717, 1.165) is 5.57 Å². The molecule has 4 heteroatoms. The molecule has 0 aromatic rings. The lowest BCUT2D eigenvalue weighted by atomic mass is 10.3. The maximum atomic E-state index is 8.63. The highest BCUT2D eigenvalue weighted by atomic mass is 16.5. The Hall–Kier alpha value is -1.03. The first-order chi connectivity index (χ1) is 4.86. The van der Waals surface area contributed by atoms with Crippen molar-refractivity contribution in [1.82, 2.24) is 5.32 Å². The van der Waals surface area contributed by atoms with Crippen LogP contribution in [0.1, 0.15) is 0 Å². The summed E-state index contributed by atoms with van der Waals surface area (Å²) in [6.45, 7) is 0.570. The summed E-state index contributed by atoms with van der Waals surface area (Å²) in [6.07, 6.45) is 1.70. The van der Waals surface area contributed by atoms with Crippen LogP contribution in [0.3, 0.4) is 0 Å². The number of nitrogens with zero attached hydrogens (tertiary/aromatic N) is 1. The van der Waals surface area contributed by atoms with Gasteiger partial charge >= 0.3 is 0 Å². The molecule has 0 aliphatic carbocycles. The fourth-order valence-electron chi connectivity index (χ4n) is 0.648. The summed E-state index contributed by atoms with van der Waals surface area (Å²) in [5.41, 5.74) is 0.862. The van der Waals surface area contributed by atoms with Crippen molar-refractivity contribution in [2.24, 2.45) is 4.99 Å². The number of nitrogens with one attached hydrogen (secondary N) is 1. The Bertz CT molecular complexity index is 155. The van der Waals surface area contributed by atoms with Crippen LogP contribution in [0.4, 0.5) is 0 Å². The summed E-state index contributed by atoms with van der Waals surface area (Å²) < 4.78 is 4.80.